The van der Waals surface area contributed by atoms with Crippen molar-refractivity contribution in [3.05, 3.63) is 53.7 Å². The molecule has 1 amide bonds. The predicted molar refractivity (Wildman–Crippen MR) is 87.7 cm³/mol. The Balaban J connectivity index is 1.67. The summed E-state index contributed by atoms with van der Waals surface area (Å²) in [5.74, 6) is 0.478. The van der Waals surface area contributed by atoms with Crippen LogP contribution in [0.1, 0.15) is 28.8 Å². The van der Waals surface area contributed by atoms with Gasteiger partial charge < -0.3 is 9.80 Å². The standard InChI is InChI=1S/C18H16F3N3O/c19-18(20,21)13-7-5-12(6-8-13)17(25)24-11-14-3-2-10-23(14)16-15(24)4-1-9-22-16/h1,4-9,14H,2-3,10-11H2/t14-/m1/s1. The summed E-state index contributed by atoms with van der Waals surface area (Å²) in [6.45, 7) is 1.44. The molecule has 1 saturated heterocycles. The van der Waals surface area contributed by atoms with Gasteiger partial charge in [0.15, 0.2) is 5.82 Å². The van der Waals surface area contributed by atoms with Gasteiger partial charge in [-0.3, -0.25) is 4.79 Å². The highest BCUT2D eigenvalue weighted by atomic mass is 19.4. The van der Waals surface area contributed by atoms with Crippen LogP contribution < -0.4 is 9.80 Å². The first-order valence-electron chi connectivity index (χ1n) is 8.16. The molecule has 0 bridgehead atoms. The second-order valence-electron chi connectivity index (χ2n) is 6.33. The summed E-state index contributed by atoms with van der Waals surface area (Å²) in [6.07, 6.45) is -0.691. The Kier molecular flexibility index (Phi) is 3.67. The number of halogens is 3. The molecule has 4 nitrogen and oxygen atoms in total. The number of carbonyl (C=O) groups is 1. The maximum atomic E-state index is 12.9. The Morgan fingerprint density at radius 3 is 2.64 bits per heavy atom. The van der Waals surface area contributed by atoms with Gasteiger partial charge >= 0.3 is 6.18 Å². The molecule has 0 saturated carbocycles. The molecule has 7 heteroatoms. The number of amides is 1. The fourth-order valence-electron chi connectivity index (χ4n) is 3.58. The minimum atomic E-state index is -4.41. The molecule has 0 radical (unpaired) electrons. The third-order valence-corrected chi connectivity index (χ3v) is 4.80. The predicted octanol–water partition coefficient (Wildman–Crippen LogP) is 3.73. The van der Waals surface area contributed by atoms with Crippen LogP contribution >= 0.6 is 0 Å². The zero-order valence-electron chi connectivity index (χ0n) is 13.3. The molecule has 4 rings (SSSR count). The number of anilines is 2. The van der Waals surface area contributed by atoms with E-state index >= 15 is 0 Å². The molecule has 0 unspecified atom stereocenters. The van der Waals surface area contributed by atoms with Gasteiger partial charge in [-0.25, -0.2) is 4.98 Å². The number of hydrogen-bond acceptors (Lipinski definition) is 3. The number of nitrogens with zero attached hydrogens (tertiary/aromatic N) is 3. The molecule has 1 atom stereocenters. The van der Waals surface area contributed by atoms with Crippen LogP contribution in [0.3, 0.4) is 0 Å². The maximum absolute atomic E-state index is 12.9. The number of rotatable bonds is 1. The fourth-order valence-corrected chi connectivity index (χ4v) is 3.58. The molecule has 25 heavy (non-hydrogen) atoms. The van der Waals surface area contributed by atoms with Crippen LogP contribution in [0.25, 0.3) is 0 Å². The van der Waals surface area contributed by atoms with Crippen molar-refractivity contribution in [3.63, 3.8) is 0 Å². The average molecular weight is 347 g/mol. The summed E-state index contributed by atoms with van der Waals surface area (Å²) in [4.78, 5) is 21.2. The van der Waals surface area contributed by atoms with Crippen molar-refractivity contribution >= 4 is 17.4 Å². The lowest BCUT2D eigenvalue weighted by atomic mass is 10.1. The smallest absolute Gasteiger partial charge is 0.350 e. The molecular weight excluding hydrogens is 331 g/mol. The highest BCUT2D eigenvalue weighted by molar-refractivity contribution is 6.08. The van der Waals surface area contributed by atoms with Gasteiger partial charge in [-0.05, 0) is 49.2 Å². The minimum absolute atomic E-state index is 0.209. The summed E-state index contributed by atoms with van der Waals surface area (Å²) in [5, 5.41) is 0. The number of pyridine rings is 1. The Hall–Kier alpha value is -2.57. The lowest BCUT2D eigenvalue weighted by Crippen LogP contribution is -2.48. The largest absolute Gasteiger partial charge is 0.416 e. The topological polar surface area (TPSA) is 36.4 Å². The molecule has 0 spiro atoms. The number of aromatic nitrogens is 1. The summed E-state index contributed by atoms with van der Waals surface area (Å²) in [5.41, 5.74) is 0.200. The Morgan fingerprint density at radius 2 is 1.92 bits per heavy atom. The summed E-state index contributed by atoms with van der Waals surface area (Å²) < 4.78 is 38.1. The lowest BCUT2D eigenvalue weighted by molar-refractivity contribution is -0.137. The van der Waals surface area contributed by atoms with Crippen LogP contribution in [0.2, 0.25) is 0 Å². The lowest BCUT2D eigenvalue weighted by Gasteiger charge is -2.39. The van der Waals surface area contributed by atoms with Gasteiger partial charge in [-0.2, -0.15) is 13.2 Å². The van der Waals surface area contributed by atoms with Crippen LogP contribution in [-0.2, 0) is 6.18 Å². The van der Waals surface area contributed by atoms with E-state index in [0.29, 0.717) is 12.2 Å². The van der Waals surface area contributed by atoms with Gasteiger partial charge in [-0.15, -0.1) is 0 Å². The van der Waals surface area contributed by atoms with Gasteiger partial charge in [0.2, 0.25) is 0 Å². The van der Waals surface area contributed by atoms with Crippen molar-refractivity contribution < 1.29 is 18.0 Å². The maximum Gasteiger partial charge on any atom is 0.416 e. The van der Waals surface area contributed by atoms with E-state index in [0.717, 1.165) is 37.3 Å². The number of benzene rings is 1. The zero-order valence-corrected chi connectivity index (χ0v) is 13.3. The van der Waals surface area contributed by atoms with E-state index in [-0.39, 0.29) is 17.5 Å². The van der Waals surface area contributed by atoms with Gasteiger partial charge in [0, 0.05) is 30.9 Å². The van der Waals surface area contributed by atoms with E-state index in [2.05, 4.69) is 9.88 Å². The van der Waals surface area contributed by atoms with Crippen LogP contribution in [0.15, 0.2) is 42.6 Å². The quantitative estimate of drug-likeness (QED) is 0.789. The Labute approximate surface area is 142 Å². The second-order valence-corrected chi connectivity index (χ2v) is 6.33. The molecule has 0 aliphatic carbocycles. The average Bonchev–Trinajstić information content (AvgIpc) is 3.08. The molecule has 1 aromatic heterocycles. The van der Waals surface area contributed by atoms with Gasteiger partial charge in [0.25, 0.3) is 5.91 Å². The van der Waals surface area contributed by atoms with E-state index in [1.165, 1.54) is 12.1 Å². The summed E-state index contributed by atoms with van der Waals surface area (Å²) >= 11 is 0. The Morgan fingerprint density at radius 1 is 1.16 bits per heavy atom. The van der Waals surface area contributed by atoms with E-state index in [9.17, 15) is 18.0 Å². The zero-order chi connectivity index (χ0) is 17.6. The minimum Gasteiger partial charge on any atom is -0.350 e. The van der Waals surface area contributed by atoms with Crippen LogP contribution in [0, 0.1) is 0 Å². The highest BCUT2D eigenvalue weighted by Crippen LogP contribution is 2.38. The molecule has 1 fully saturated rings. The molecule has 2 aliphatic heterocycles. The van der Waals surface area contributed by atoms with Gasteiger partial charge in [0.1, 0.15) is 0 Å². The number of carbonyl (C=O) groups excluding carboxylic acids is 1. The van der Waals surface area contributed by atoms with Crippen molar-refractivity contribution in [3.8, 4) is 0 Å². The second kappa shape index (κ2) is 5.75. The van der Waals surface area contributed by atoms with Crippen LogP contribution in [0.4, 0.5) is 24.7 Å². The molecule has 3 heterocycles. The monoisotopic (exact) mass is 347 g/mol. The summed E-state index contributed by atoms with van der Waals surface area (Å²) in [6, 6.07) is 8.18. The van der Waals surface area contributed by atoms with Crippen molar-refractivity contribution in [2.24, 2.45) is 0 Å². The number of fused-ring (bicyclic) bond motifs is 3. The first-order chi connectivity index (χ1) is 11.9. The fraction of sp³-hybridized carbons (Fsp3) is 0.333. The van der Waals surface area contributed by atoms with Gasteiger partial charge in [0.05, 0.1) is 11.3 Å². The van der Waals surface area contributed by atoms with E-state index < -0.39 is 11.7 Å². The highest BCUT2D eigenvalue weighted by Gasteiger charge is 2.37. The van der Waals surface area contributed by atoms with Crippen LogP contribution in [0.5, 0.6) is 0 Å². The molecule has 0 N–H and O–H groups in total. The first kappa shape index (κ1) is 15.9. The Bertz CT molecular complexity index is 804. The number of hydrogen-bond donors (Lipinski definition) is 0. The van der Waals surface area contributed by atoms with Gasteiger partial charge in [-0.1, -0.05) is 0 Å². The molecule has 2 aromatic rings. The molecule has 1 aromatic carbocycles. The van der Waals surface area contributed by atoms with Crippen molar-refractivity contribution in [2.75, 3.05) is 22.9 Å². The number of alkyl halides is 3. The van der Waals surface area contributed by atoms with E-state index in [4.69, 9.17) is 0 Å². The first-order valence-corrected chi connectivity index (χ1v) is 8.16. The van der Waals surface area contributed by atoms with E-state index in [1.54, 1.807) is 17.2 Å². The van der Waals surface area contributed by atoms with E-state index in [1.807, 2.05) is 6.07 Å². The summed E-state index contributed by atoms with van der Waals surface area (Å²) in [7, 11) is 0. The third kappa shape index (κ3) is 2.73. The normalized spacial score (nSPS) is 19.6. The van der Waals surface area contributed by atoms with Crippen molar-refractivity contribution in [1.82, 2.24) is 4.98 Å². The van der Waals surface area contributed by atoms with Crippen molar-refractivity contribution in [1.29, 1.82) is 0 Å². The third-order valence-electron chi connectivity index (χ3n) is 4.80. The van der Waals surface area contributed by atoms with Crippen molar-refractivity contribution in [2.45, 2.75) is 25.1 Å². The molecular formula is C18H16F3N3O. The SMILES string of the molecule is O=C(c1ccc(C(F)(F)F)cc1)N1C[C@H]2CCCN2c2ncccc21. The molecule has 2 aliphatic rings. The molecule has 130 valence electrons. The van der Waals surface area contributed by atoms with Crippen LogP contribution in [-0.4, -0.2) is 30.0 Å².